The molecule has 7 aliphatic carbocycles. The van der Waals surface area contributed by atoms with E-state index in [0.29, 0.717) is 67.1 Å². The number of rotatable bonds is 13. The van der Waals surface area contributed by atoms with Gasteiger partial charge in [-0.05, 0) is 268 Å². The van der Waals surface area contributed by atoms with Crippen LogP contribution < -0.4 is 4.89 Å². The third-order valence-corrected chi connectivity index (χ3v) is 19.7. The average molecular weight is 1020 g/mol. The van der Waals surface area contributed by atoms with Crippen LogP contribution in [0, 0.1) is 94.8 Å². The van der Waals surface area contributed by atoms with Crippen LogP contribution in [0.4, 0.5) is 0 Å². The molecule has 7 aliphatic rings. The monoisotopic (exact) mass is 1020 g/mol. The Morgan fingerprint density at radius 2 is 0.770 bits per heavy atom. The maximum absolute atomic E-state index is 11.4. The van der Waals surface area contributed by atoms with Gasteiger partial charge in [-0.1, -0.05) is 44.9 Å². The zero-order chi connectivity index (χ0) is 53.0. The molecule has 0 amide bonds. The van der Waals surface area contributed by atoms with Crippen molar-refractivity contribution in [3.63, 3.8) is 0 Å². The predicted molar refractivity (Wildman–Crippen MR) is 299 cm³/mol. The number of hydrogen-bond donors (Lipinski definition) is 0. The van der Waals surface area contributed by atoms with Gasteiger partial charge in [0.1, 0.15) is 23.1 Å². The van der Waals surface area contributed by atoms with E-state index in [4.69, 9.17) is 19.6 Å². The van der Waals surface area contributed by atoms with E-state index in [1.807, 2.05) is 19.1 Å². The highest BCUT2D eigenvalue weighted by atomic mass is 17.2. The van der Waals surface area contributed by atoms with Gasteiger partial charge in [-0.25, -0.2) is 9.78 Å². The van der Waals surface area contributed by atoms with Crippen molar-refractivity contribution in [3.05, 3.63) is 63.2 Å². The first-order valence-electron chi connectivity index (χ1n) is 30.4. The number of ketones is 4. The van der Waals surface area contributed by atoms with Gasteiger partial charge in [0.15, 0.2) is 5.75 Å². The molecule has 8 heteroatoms. The fourth-order valence-corrected chi connectivity index (χ4v) is 13.3. The third kappa shape index (κ3) is 20.0. The summed E-state index contributed by atoms with van der Waals surface area (Å²) in [7, 11) is 0. The molecule has 0 radical (unpaired) electrons. The van der Waals surface area contributed by atoms with Crippen molar-refractivity contribution < 1.29 is 38.7 Å². The number of aryl methyl sites for hydroxylation is 3. The van der Waals surface area contributed by atoms with Gasteiger partial charge < -0.3 is 4.89 Å². The minimum Gasteiger partial charge on any atom is -0.337 e. The highest BCUT2D eigenvalue weighted by Gasteiger charge is 2.34. The molecule has 2 aromatic carbocycles. The van der Waals surface area contributed by atoms with Gasteiger partial charge in [-0.2, -0.15) is 4.89 Å². The van der Waals surface area contributed by atoms with Crippen molar-refractivity contribution >= 4 is 23.1 Å². The van der Waals surface area contributed by atoms with Gasteiger partial charge >= 0.3 is 0 Å². The Hall–Kier alpha value is -3.20. The first-order valence-corrected chi connectivity index (χ1v) is 30.4. The lowest BCUT2D eigenvalue weighted by molar-refractivity contribution is -0.335. The molecule has 0 N–H and O–H groups in total. The summed E-state index contributed by atoms with van der Waals surface area (Å²) in [6, 6.07) is 8.51. The van der Waals surface area contributed by atoms with Gasteiger partial charge in [0.2, 0.25) is 0 Å². The van der Waals surface area contributed by atoms with Crippen LogP contribution in [0.5, 0.6) is 5.75 Å². The van der Waals surface area contributed by atoms with E-state index in [1.54, 1.807) is 0 Å². The van der Waals surface area contributed by atoms with E-state index in [0.717, 1.165) is 143 Å². The zero-order valence-electron chi connectivity index (χ0n) is 48.0. The Morgan fingerprint density at radius 3 is 1.26 bits per heavy atom. The number of benzene rings is 2. The van der Waals surface area contributed by atoms with Crippen LogP contribution in [-0.4, -0.2) is 42.5 Å². The summed E-state index contributed by atoms with van der Waals surface area (Å²) in [5.41, 5.74) is 9.40. The molecule has 0 bridgehead atoms. The van der Waals surface area contributed by atoms with Crippen LogP contribution in [0.15, 0.2) is 24.3 Å². The molecule has 0 heterocycles. The van der Waals surface area contributed by atoms with Crippen LogP contribution >= 0.6 is 0 Å². The molecule has 0 unspecified atom stereocenters. The fourth-order valence-electron chi connectivity index (χ4n) is 13.3. The van der Waals surface area contributed by atoms with E-state index in [2.05, 4.69) is 60.6 Å². The molecule has 74 heavy (non-hydrogen) atoms. The van der Waals surface area contributed by atoms with Crippen LogP contribution in [-0.2, 0) is 40.3 Å². The molecule has 8 nitrogen and oxygen atoms in total. The first kappa shape index (κ1) is 60.0. The third-order valence-electron chi connectivity index (χ3n) is 19.7. The molecular formula is C66H102O8. The second-order valence-corrected chi connectivity index (χ2v) is 25.1. The minimum absolute atomic E-state index is 0.302. The van der Waals surface area contributed by atoms with Crippen molar-refractivity contribution in [2.24, 2.45) is 53.3 Å². The van der Waals surface area contributed by atoms with Crippen molar-refractivity contribution in [1.82, 2.24) is 0 Å². The van der Waals surface area contributed by atoms with E-state index < -0.39 is 0 Å². The molecule has 7 fully saturated rings. The summed E-state index contributed by atoms with van der Waals surface area (Å²) in [4.78, 5) is 66.5. The molecule has 9 rings (SSSR count). The summed E-state index contributed by atoms with van der Waals surface area (Å²) in [5.74, 6) is 10.1. The number of Topliss-reactive ketones (excluding diaryl/α,β-unsaturated/α-hetero) is 4. The van der Waals surface area contributed by atoms with E-state index >= 15 is 0 Å². The van der Waals surface area contributed by atoms with E-state index in [-0.39, 0.29) is 0 Å². The largest absolute Gasteiger partial charge is 0.337 e. The molecule has 7 saturated carbocycles. The molecule has 0 spiro atoms. The summed E-state index contributed by atoms with van der Waals surface area (Å²) in [5, 5.41) is 0. The Morgan fingerprint density at radius 1 is 0.392 bits per heavy atom. The molecule has 0 aliphatic heterocycles. The lowest BCUT2D eigenvalue weighted by Crippen LogP contribution is -2.29. The lowest BCUT2D eigenvalue weighted by atomic mass is 9.66. The zero-order valence-corrected chi connectivity index (χ0v) is 48.0. The smallest absolute Gasteiger partial charge is 0.168 e. The van der Waals surface area contributed by atoms with Crippen LogP contribution in [0.25, 0.3) is 0 Å². The topological polar surface area (TPSA) is 105 Å². The van der Waals surface area contributed by atoms with Crippen LogP contribution in [0.2, 0.25) is 0 Å². The Balaban J connectivity index is 0.000000161. The highest BCUT2D eigenvalue weighted by molar-refractivity contribution is 5.80. The van der Waals surface area contributed by atoms with Gasteiger partial charge in [-0.3, -0.25) is 19.2 Å². The Bertz CT molecular complexity index is 2010. The normalized spacial score (nSPS) is 26.8. The maximum atomic E-state index is 11.4. The van der Waals surface area contributed by atoms with Gasteiger partial charge in [0.25, 0.3) is 0 Å². The standard InChI is InChI=1S/C19H32O.C17H24O.C16H22O3.C14H24O3/c1-14-2-4-15(5-3-14)16-6-8-17(9-7-16)18-10-12-19(20)13-11-18;1-12-4-8-16(14(3)13(12)2)9-5-15-6-10-17(18)11-7-15;1-11-4-9-16(13(3)12(11)2)19-18-10-14-5-7-15(17)8-6-14;1-11-2-8-14(9-3-11)17-16-10-12-4-6-13(15)7-5-12/h14-18H,2-13H2,1H3;4,8,15H,5-7,9-11H2,1-3H3;4,9,14H,5-8,10H2,1-3H3;11-12,14H,2-10H2,1H3. The predicted octanol–water partition coefficient (Wildman–Crippen LogP) is 16.6. The maximum Gasteiger partial charge on any atom is 0.168 e. The highest BCUT2D eigenvalue weighted by Crippen LogP contribution is 2.45. The quantitative estimate of drug-likeness (QED) is 0.144. The van der Waals surface area contributed by atoms with Crippen LogP contribution in [0.3, 0.4) is 0 Å². The lowest BCUT2D eigenvalue weighted by Gasteiger charge is -2.40. The minimum atomic E-state index is 0.302. The van der Waals surface area contributed by atoms with Crippen molar-refractivity contribution in [2.45, 2.75) is 254 Å². The Kier molecular flexibility index (Phi) is 25.4. The number of carbonyl (C=O) groups is 4. The molecule has 414 valence electrons. The molecule has 0 atom stereocenters. The second-order valence-electron chi connectivity index (χ2n) is 25.1. The average Bonchev–Trinajstić information content (AvgIpc) is 3.41. The molecule has 2 aromatic rings. The molecule has 0 saturated heterocycles. The number of hydrogen-bond acceptors (Lipinski definition) is 8. The summed E-state index contributed by atoms with van der Waals surface area (Å²) >= 11 is 0. The first-order chi connectivity index (χ1) is 35.6. The van der Waals surface area contributed by atoms with E-state index in [9.17, 15) is 19.2 Å². The SMILES string of the molecule is CC1CCC(C2CCC(C3CCC(=O)CC3)CC2)CC1.CC1CCC(OOCC2CCC(=O)CC2)CC1.Cc1ccc(CCC2CCC(=O)CC2)c(C)c1C.Cc1ccc(OOCC2CCC(=O)CC2)c(C)c1C. The van der Waals surface area contributed by atoms with Crippen molar-refractivity contribution in [1.29, 1.82) is 0 Å². The summed E-state index contributed by atoms with van der Waals surface area (Å²) in [6.07, 6.45) is 34.1. The second kappa shape index (κ2) is 31.3. The summed E-state index contributed by atoms with van der Waals surface area (Å²) < 4.78 is 0. The van der Waals surface area contributed by atoms with Gasteiger partial charge in [0.05, 0.1) is 19.3 Å². The van der Waals surface area contributed by atoms with E-state index in [1.165, 1.54) is 123 Å². The Labute approximate surface area is 449 Å². The summed E-state index contributed by atoms with van der Waals surface area (Å²) in [6.45, 7) is 18.8. The van der Waals surface area contributed by atoms with Gasteiger partial charge in [-0.15, -0.1) is 0 Å². The van der Waals surface area contributed by atoms with Crippen LogP contribution in [0.1, 0.15) is 239 Å². The number of carbonyl (C=O) groups excluding carboxylic acids is 4. The molecular weight excluding hydrogens is 921 g/mol. The van der Waals surface area contributed by atoms with Gasteiger partial charge in [0, 0.05) is 51.4 Å². The fraction of sp³-hybridized carbons (Fsp3) is 0.758. The van der Waals surface area contributed by atoms with Crippen molar-refractivity contribution in [3.8, 4) is 5.75 Å². The van der Waals surface area contributed by atoms with Crippen molar-refractivity contribution in [2.75, 3.05) is 13.2 Å². The molecule has 0 aromatic heterocycles.